The van der Waals surface area contributed by atoms with Crippen molar-refractivity contribution in [3.05, 3.63) is 0 Å². The van der Waals surface area contributed by atoms with Crippen LogP contribution < -0.4 is 5.73 Å². The van der Waals surface area contributed by atoms with E-state index in [1.807, 2.05) is 7.11 Å². The van der Waals surface area contributed by atoms with Gasteiger partial charge < -0.3 is 10.5 Å². The summed E-state index contributed by atoms with van der Waals surface area (Å²) in [7, 11) is 1.83. The fraction of sp³-hybridized carbons (Fsp3) is 1.00. The molecule has 0 amide bonds. The Kier molecular flexibility index (Phi) is 6.45. The van der Waals surface area contributed by atoms with Crippen LogP contribution in [0.15, 0.2) is 0 Å². The standard InChI is InChI=1S/C14H30N2O/c1-4-8-14(12-15,9-5-2)16-10-6-7-13(11-16)17-3/h13H,4-12,15H2,1-3H3. The Morgan fingerprint density at radius 1 is 1.29 bits per heavy atom. The van der Waals surface area contributed by atoms with E-state index in [4.69, 9.17) is 10.5 Å². The molecule has 1 atom stereocenters. The van der Waals surface area contributed by atoms with Gasteiger partial charge in [-0.1, -0.05) is 26.7 Å². The zero-order valence-electron chi connectivity index (χ0n) is 11.9. The van der Waals surface area contributed by atoms with E-state index in [-0.39, 0.29) is 5.54 Å². The normalized spacial score (nSPS) is 22.9. The second-order valence-corrected chi connectivity index (χ2v) is 5.37. The lowest BCUT2D eigenvalue weighted by molar-refractivity contribution is -0.0239. The maximum Gasteiger partial charge on any atom is 0.0698 e. The Balaban J connectivity index is 2.73. The first-order chi connectivity index (χ1) is 8.22. The molecule has 102 valence electrons. The summed E-state index contributed by atoms with van der Waals surface area (Å²) >= 11 is 0. The van der Waals surface area contributed by atoms with E-state index in [0.717, 1.165) is 13.1 Å². The predicted molar refractivity (Wildman–Crippen MR) is 73.2 cm³/mol. The summed E-state index contributed by atoms with van der Waals surface area (Å²) in [5.74, 6) is 0. The van der Waals surface area contributed by atoms with Gasteiger partial charge in [0.1, 0.15) is 0 Å². The quantitative estimate of drug-likeness (QED) is 0.745. The molecule has 0 aliphatic carbocycles. The molecule has 0 saturated carbocycles. The molecule has 2 N–H and O–H groups in total. The zero-order chi connectivity index (χ0) is 12.7. The van der Waals surface area contributed by atoms with Gasteiger partial charge in [-0.15, -0.1) is 0 Å². The molecular weight excluding hydrogens is 212 g/mol. The van der Waals surface area contributed by atoms with Crippen LogP contribution in [0, 0.1) is 0 Å². The molecule has 0 bridgehead atoms. The zero-order valence-corrected chi connectivity index (χ0v) is 11.9. The van der Waals surface area contributed by atoms with E-state index in [1.54, 1.807) is 0 Å². The third-order valence-corrected chi connectivity index (χ3v) is 4.19. The first-order valence-corrected chi connectivity index (χ1v) is 7.20. The number of piperidine rings is 1. The van der Waals surface area contributed by atoms with E-state index in [9.17, 15) is 0 Å². The Labute approximate surface area is 107 Å². The van der Waals surface area contributed by atoms with Crippen LogP contribution in [0.5, 0.6) is 0 Å². The highest BCUT2D eigenvalue weighted by atomic mass is 16.5. The van der Waals surface area contributed by atoms with Crippen molar-refractivity contribution in [2.24, 2.45) is 5.73 Å². The van der Waals surface area contributed by atoms with Crippen molar-refractivity contribution in [2.45, 2.75) is 64.0 Å². The molecule has 0 aromatic carbocycles. The van der Waals surface area contributed by atoms with E-state index >= 15 is 0 Å². The Morgan fingerprint density at radius 2 is 1.94 bits per heavy atom. The molecule has 0 spiro atoms. The van der Waals surface area contributed by atoms with Gasteiger partial charge in [0.15, 0.2) is 0 Å². The van der Waals surface area contributed by atoms with E-state index in [1.165, 1.54) is 45.1 Å². The number of nitrogens with zero attached hydrogens (tertiary/aromatic N) is 1. The van der Waals surface area contributed by atoms with Crippen LogP contribution in [0.1, 0.15) is 52.4 Å². The van der Waals surface area contributed by atoms with Gasteiger partial charge in [0.2, 0.25) is 0 Å². The minimum atomic E-state index is 0.223. The molecule has 1 aliphatic heterocycles. The number of rotatable bonds is 7. The molecule has 0 aromatic rings. The number of hydrogen-bond donors (Lipinski definition) is 1. The van der Waals surface area contributed by atoms with Crippen LogP contribution in [0.2, 0.25) is 0 Å². The van der Waals surface area contributed by atoms with Gasteiger partial charge >= 0.3 is 0 Å². The largest absolute Gasteiger partial charge is 0.380 e. The summed E-state index contributed by atoms with van der Waals surface area (Å²) in [5.41, 5.74) is 6.34. The summed E-state index contributed by atoms with van der Waals surface area (Å²) in [5, 5.41) is 0. The van der Waals surface area contributed by atoms with Crippen LogP contribution in [0.3, 0.4) is 0 Å². The lowest BCUT2D eigenvalue weighted by Crippen LogP contribution is -2.58. The molecule has 1 rings (SSSR count). The van der Waals surface area contributed by atoms with Crippen molar-refractivity contribution in [2.75, 3.05) is 26.7 Å². The third kappa shape index (κ3) is 3.67. The number of methoxy groups -OCH3 is 1. The van der Waals surface area contributed by atoms with Gasteiger partial charge in [-0.2, -0.15) is 0 Å². The van der Waals surface area contributed by atoms with Gasteiger partial charge in [-0.3, -0.25) is 4.90 Å². The average molecular weight is 242 g/mol. The fourth-order valence-electron chi connectivity index (χ4n) is 3.27. The number of hydrogen-bond acceptors (Lipinski definition) is 3. The van der Waals surface area contributed by atoms with Crippen molar-refractivity contribution in [1.82, 2.24) is 4.90 Å². The van der Waals surface area contributed by atoms with Crippen LogP contribution in [-0.4, -0.2) is 43.3 Å². The van der Waals surface area contributed by atoms with Crippen molar-refractivity contribution >= 4 is 0 Å². The molecule has 17 heavy (non-hydrogen) atoms. The SMILES string of the molecule is CCCC(CN)(CCC)N1CCCC(OC)C1. The molecule has 0 aromatic heterocycles. The van der Waals surface area contributed by atoms with Gasteiger partial charge in [-0.25, -0.2) is 0 Å². The fourth-order valence-corrected chi connectivity index (χ4v) is 3.27. The first-order valence-electron chi connectivity index (χ1n) is 7.20. The van der Waals surface area contributed by atoms with E-state index in [0.29, 0.717) is 6.10 Å². The molecule has 1 fully saturated rings. The second kappa shape index (κ2) is 7.34. The van der Waals surface area contributed by atoms with Crippen molar-refractivity contribution in [3.63, 3.8) is 0 Å². The summed E-state index contributed by atoms with van der Waals surface area (Å²) in [6, 6.07) is 0. The summed E-state index contributed by atoms with van der Waals surface area (Å²) < 4.78 is 5.53. The Morgan fingerprint density at radius 3 is 2.41 bits per heavy atom. The highest BCUT2D eigenvalue weighted by Gasteiger charge is 2.36. The molecular formula is C14H30N2O. The summed E-state index contributed by atoms with van der Waals surface area (Å²) in [4.78, 5) is 2.61. The molecule has 1 unspecified atom stereocenters. The van der Waals surface area contributed by atoms with Crippen molar-refractivity contribution < 1.29 is 4.74 Å². The summed E-state index contributed by atoms with van der Waals surface area (Å²) in [6.45, 7) is 7.56. The summed E-state index contributed by atoms with van der Waals surface area (Å²) in [6.07, 6.45) is 7.71. The number of nitrogens with two attached hydrogens (primary N) is 1. The van der Waals surface area contributed by atoms with Crippen LogP contribution in [0.4, 0.5) is 0 Å². The lowest BCUT2D eigenvalue weighted by atomic mass is 9.85. The van der Waals surface area contributed by atoms with Crippen LogP contribution in [-0.2, 0) is 4.74 Å². The molecule has 3 nitrogen and oxygen atoms in total. The average Bonchev–Trinajstić information content (AvgIpc) is 2.38. The topological polar surface area (TPSA) is 38.5 Å². The molecule has 1 aliphatic rings. The van der Waals surface area contributed by atoms with Crippen molar-refractivity contribution in [1.29, 1.82) is 0 Å². The predicted octanol–water partition coefficient (Wildman–Crippen LogP) is 2.39. The highest BCUT2D eigenvalue weighted by Crippen LogP contribution is 2.30. The molecule has 3 heteroatoms. The minimum Gasteiger partial charge on any atom is -0.380 e. The lowest BCUT2D eigenvalue weighted by Gasteiger charge is -2.47. The van der Waals surface area contributed by atoms with Gasteiger partial charge in [0.05, 0.1) is 6.10 Å². The monoisotopic (exact) mass is 242 g/mol. The van der Waals surface area contributed by atoms with E-state index in [2.05, 4.69) is 18.7 Å². The maximum absolute atomic E-state index is 6.12. The van der Waals surface area contributed by atoms with Crippen molar-refractivity contribution in [3.8, 4) is 0 Å². The molecule has 1 saturated heterocycles. The van der Waals surface area contributed by atoms with Crippen LogP contribution in [0.25, 0.3) is 0 Å². The van der Waals surface area contributed by atoms with Crippen LogP contribution >= 0.6 is 0 Å². The van der Waals surface area contributed by atoms with E-state index < -0.39 is 0 Å². The molecule has 1 heterocycles. The third-order valence-electron chi connectivity index (χ3n) is 4.19. The maximum atomic E-state index is 6.12. The number of likely N-dealkylation sites (tertiary alicyclic amines) is 1. The highest BCUT2D eigenvalue weighted by molar-refractivity contribution is 4.94. The first kappa shape index (κ1) is 14.9. The van der Waals surface area contributed by atoms with Gasteiger partial charge in [-0.05, 0) is 32.2 Å². The Bertz CT molecular complexity index is 202. The second-order valence-electron chi connectivity index (χ2n) is 5.37. The Hall–Kier alpha value is -0.120. The smallest absolute Gasteiger partial charge is 0.0698 e. The van der Waals surface area contributed by atoms with Gasteiger partial charge in [0, 0.05) is 25.7 Å². The molecule has 0 radical (unpaired) electrons. The minimum absolute atomic E-state index is 0.223. The van der Waals surface area contributed by atoms with Gasteiger partial charge in [0.25, 0.3) is 0 Å². The number of ether oxygens (including phenoxy) is 1.